The normalized spacial score (nSPS) is 11.9. The molecule has 0 unspecified atom stereocenters. The molecule has 0 aliphatic heterocycles. The summed E-state index contributed by atoms with van der Waals surface area (Å²) in [6.45, 7) is 2.24. The number of alkyl halides is 1. The van der Waals surface area contributed by atoms with Crippen LogP contribution < -0.4 is 0 Å². The summed E-state index contributed by atoms with van der Waals surface area (Å²) in [5.74, 6) is 0.820. The largest absolute Gasteiger partial charge is 0.127 e. The van der Waals surface area contributed by atoms with Gasteiger partial charge in [-0.3, -0.25) is 0 Å². The van der Waals surface area contributed by atoms with E-state index >= 15 is 0 Å². The molecule has 0 atom stereocenters. The van der Waals surface area contributed by atoms with Gasteiger partial charge in [0.2, 0.25) is 0 Å². The Bertz CT molecular complexity index is 182. The molecule has 0 rings (SSSR count). The minimum atomic E-state index is 0.820. The van der Waals surface area contributed by atoms with Gasteiger partial charge in [0, 0.05) is 5.88 Å². The van der Waals surface area contributed by atoms with Gasteiger partial charge in [-0.1, -0.05) is 56.9 Å². The quantitative estimate of drug-likeness (QED) is 0.220. The summed E-state index contributed by atoms with van der Waals surface area (Å²) in [5.41, 5.74) is 0. The summed E-state index contributed by atoms with van der Waals surface area (Å²) in [6, 6.07) is 0. The first-order valence-electron chi connectivity index (χ1n) is 7.27. The number of hydrogen-bond donors (Lipinski definition) is 0. The van der Waals surface area contributed by atoms with Crippen LogP contribution in [0.1, 0.15) is 71.1 Å². The van der Waals surface area contributed by atoms with Crippen molar-refractivity contribution in [2.75, 3.05) is 5.88 Å². The fraction of sp³-hybridized carbons (Fsp3) is 0.750. The molecule has 0 aliphatic carbocycles. The van der Waals surface area contributed by atoms with Crippen LogP contribution in [-0.2, 0) is 0 Å². The van der Waals surface area contributed by atoms with Gasteiger partial charge in [-0.05, 0) is 38.5 Å². The smallest absolute Gasteiger partial charge is 0.0223 e. The highest BCUT2D eigenvalue weighted by Crippen LogP contribution is 2.05. The number of unbranched alkanes of at least 4 members (excludes halogenated alkanes) is 7. The summed E-state index contributed by atoms with van der Waals surface area (Å²) < 4.78 is 0. The number of rotatable bonds is 12. The molecule has 0 aliphatic rings. The lowest BCUT2D eigenvalue weighted by atomic mass is 10.1. The van der Waals surface area contributed by atoms with Crippen molar-refractivity contribution in [1.29, 1.82) is 0 Å². The molecule has 0 saturated heterocycles. The molecule has 0 aromatic carbocycles. The third-order valence-corrected chi connectivity index (χ3v) is 3.08. The third kappa shape index (κ3) is 15.8. The fourth-order valence-electron chi connectivity index (χ4n) is 1.70. The third-order valence-electron chi connectivity index (χ3n) is 2.81. The highest BCUT2D eigenvalue weighted by Gasteiger charge is 1.86. The molecule has 0 spiro atoms. The van der Waals surface area contributed by atoms with Gasteiger partial charge < -0.3 is 0 Å². The first-order valence-corrected chi connectivity index (χ1v) is 7.81. The summed E-state index contributed by atoms with van der Waals surface area (Å²) in [5, 5.41) is 0. The standard InChI is InChI=1S/C16H29Cl/c1-2-3-4-5-6-7-8-9-10-11-12-13-14-15-16-17/h5-6,9-10H,2-4,7-8,11-16H2,1H3/b6-5+,10-9+. The van der Waals surface area contributed by atoms with E-state index in [9.17, 15) is 0 Å². The van der Waals surface area contributed by atoms with E-state index in [-0.39, 0.29) is 0 Å². The SMILES string of the molecule is CCCC/C=C/CC/C=C/CCCCCCCl. The lowest BCUT2D eigenvalue weighted by Crippen LogP contribution is -1.78. The van der Waals surface area contributed by atoms with E-state index in [1.807, 2.05) is 0 Å². The van der Waals surface area contributed by atoms with Crippen molar-refractivity contribution in [2.45, 2.75) is 71.1 Å². The highest BCUT2D eigenvalue weighted by molar-refractivity contribution is 6.17. The molecule has 0 fully saturated rings. The molecule has 0 aromatic rings. The van der Waals surface area contributed by atoms with E-state index < -0.39 is 0 Å². The molecular weight excluding hydrogens is 228 g/mol. The van der Waals surface area contributed by atoms with Crippen molar-refractivity contribution < 1.29 is 0 Å². The Morgan fingerprint density at radius 2 is 1.18 bits per heavy atom. The number of hydrogen-bond acceptors (Lipinski definition) is 0. The van der Waals surface area contributed by atoms with E-state index in [0.29, 0.717) is 0 Å². The Hall–Kier alpha value is -0.230. The van der Waals surface area contributed by atoms with Crippen molar-refractivity contribution in [3.8, 4) is 0 Å². The van der Waals surface area contributed by atoms with E-state index in [1.165, 1.54) is 64.2 Å². The van der Waals surface area contributed by atoms with E-state index in [0.717, 1.165) is 5.88 Å². The van der Waals surface area contributed by atoms with Crippen LogP contribution in [0, 0.1) is 0 Å². The van der Waals surface area contributed by atoms with Crippen LogP contribution in [0.25, 0.3) is 0 Å². The summed E-state index contributed by atoms with van der Waals surface area (Å²) in [4.78, 5) is 0. The molecule has 0 bridgehead atoms. The topological polar surface area (TPSA) is 0 Å². The Balaban J connectivity index is 3.11. The van der Waals surface area contributed by atoms with Crippen molar-refractivity contribution >= 4 is 11.6 Å². The second-order valence-electron chi connectivity index (χ2n) is 4.55. The average molecular weight is 257 g/mol. The lowest BCUT2D eigenvalue weighted by molar-refractivity contribution is 0.676. The van der Waals surface area contributed by atoms with Crippen LogP contribution in [0.4, 0.5) is 0 Å². The van der Waals surface area contributed by atoms with Crippen molar-refractivity contribution in [1.82, 2.24) is 0 Å². The maximum Gasteiger partial charge on any atom is 0.0223 e. The van der Waals surface area contributed by atoms with Gasteiger partial charge in [-0.2, -0.15) is 0 Å². The first-order chi connectivity index (χ1) is 8.41. The van der Waals surface area contributed by atoms with Gasteiger partial charge in [0.25, 0.3) is 0 Å². The van der Waals surface area contributed by atoms with Gasteiger partial charge in [-0.15, -0.1) is 11.6 Å². The average Bonchev–Trinajstić information content (AvgIpc) is 2.35. The summed E-state index contributed by atoms with van der Waals surface area (Å²) >= 11 is 5.62. The molecule has 17 heavy (non-hydrogen) atoms. The summed E-state index contributed by atoms with van der Waals surface area (Å²) in [6.07, 6.45) is 21.9. The summed E-state index contributed by atoms with van der Waals surface area (Å²) in [7, 11) is 0. The van der Waals surface area contributed by atoms with E-state index in [1.54, 1.807) is 0 Å². The molecule has 0 nitrogen and oxygen atoms in total. The molecule has 0 amide bonds. The maximum atomic E-state index is 5.62. The predicted molar refractivity (Wildman–Crippen MR) is 80.8 cm³/mol. The molecular formula is C16H29Cl. The number of halogens is 1. The van der Waals surface area contributed by atoms with Crippen LogP contribution >= 0.6 is 11.6 Å². The van der Waals surface area contributed by atoms with Crippen LogP contribution in [0.2, 0.25) is 0 Å². The van der Waals surface area contributed by atoms with Gasteiger partial charge >= 0.3 is 0 Å². The van der Waals surface area contributed by atoms with E-state index in [4.69, 9.17) is 11.6 Å². The Morgan fingerprint density at radius 1 is 0.647 bits per heavy atom. The molecule has 0 aromatic heterocycles. The molecule has 0 N–H and O–H groups in total. The second kappa shape index (κ2) is 15.8. The van der Waals surface area contributed by atoms with E-state index in [2.05, 4.69) is 31.2 Å². The van der Waals surface area contributed by atoms with Gasteiger partial charge in [0.05, 0.1) is 0 Å². The Morgan fingerprint density at radius 3 is 1.76 bits per heavy atom. The zero-order chi connectivity index (χ0) is 12.6. The number of allylic oxidation sites excluding steroid dienone is 4. The van der Waals surface area contributed by atoms with Gasteiger partial charge in [-0.25, -0.2) is 0 Å². The van der Waals surface area contributed by atoms with Crippen LogP contribution in [0.5, 0.6) is 0 Å². The molecule has 0 heterocycles. The van der Waals surface area contributed by atoms with Crippen LogP contribution in [-0.4, -0.2) is 5.88 Å². The second-order valence-corrected chi connectivity index (χ2v) is 4.93. The molecule has 0 radical (unpaired) electrons. The first kappa shape index (κ1) is 16.8. The zero-order valence-corrected chi connectivity index (χ0v) is 12.2. The Kier molecular flexibility index (Phi) is 15.6. The fourth-order valence-corrected chi connectivity index (χ4v) is 1.89. The lowest BCUT2D eigenvalue weighted by Gasteiger charge is -1.95. The van der Waals surface area contributed by atoms with Crippen molar-refractivity contribution in [3.63, 3.8) is 0 Å². The Labute approximate surface area is 113 Å². The predicted octanol–water partition coefficient (Wildman–Crippen LogP) is 6.26. The van der Waals surface area contributed by atoms with Crippen molar-refractivity contribution in [2.24, 2.45) is 0 Å². The zero-order valence-electron chi connectivity index (χ0n) is 11.5. The van der Waals surface area contributed by atoms with Crippen LogP contribution in [0.15, 0.2) is 24.3 Å². The maximum absolute atomic E-state index is 5.62. The van der Waals surface area contributed by atoms with Gasteiger partial charge in [0.15, 0.2) is 0 Å². The molecule has 0 saturated carbocycles. The molecule has 1 heteroatoms. The van der Waals surface area contributed by atoms with Crippen LogP contribution in [0.3, 0.4) is 0 Å². The van der Waals surface area contributed by atoms with Gasteiger partial charge in [0.1, 0.15) is 0 Å². The molecule has 100 valence electrons. The minimum absolute atomic E-state index is 0.820. The van der Waals surface area contributed by atoms with Crippen molar-refractivity contribution in [3.05, 3.63) is 24.3 Å². The highest BCUT2D eigenvalue weighted by atomic mass is 35.5. The minimum Gasteiger partial charge on any atom is -0.127 e. The monoisotopic (exact) mass is 256 g/mol.